The smallest absolute Gasteiger partial charge is 0.224 e. The van der Waals surface area contributed by atoms with Gasteiger partial charge in [-0.2, -0.15) is 0 Å². The van der Waals surface area contributed by atoms with E-state index in [1.54, 1.807) is 0 Å². The minimum atomic E-state index is -0.335. The zero-order valence-electron chi connectivity index (χ0n) is 12.6. The second-order valence-electron chi connectivity index (χ2n) is 5.19. The molecular weight excluding hydrogens is 254 g/mol. The molecule has 2 N–H and O–H groups in total. The fourth-order valence-corrected chi connectivity index (χ4v) is 1.83. The zero-order valence-corrected chi connectivity index (χ0v) is 12.6. The summed E-state index contributed by atoms with van der Waals surface area (Å²) in [6.45, 7) is 6.37. The standard InChI is InChI=1S/C16H25NO3/c1-4-14(18)8-9-17-16(19)11-13-6-5-7-15(10-13)20-12(2)3/h5-7,10,12,14,18H,4,8-9,11H2,1-3H3,(H,17,19). The first kappa shape index (κ1) is 16.5. The van der Waals surface area contributed by atoms with E-state index in [1.807, 2.05) is 45.0 Å². The lowest BCUT2D eigenvalue weighted by Crippen LogP contribution is -2.28. The molecule has 0 aliphatic heterocycles. The van der Waals surface area contributed by atoms with Crippen LogP contribution in [0.15, 0.2) is 24.3 Å². The molecule has 0 heterocycles. The van der Waals surface area contributed by atoms with Crippen molar-refractivity contribution in [3.63, 3.8) is 0 Å². The van der Waals surface area contributed by atoms with Gasteiger partial charge in [-0.15, -0.1) is 0 Å². The minimum absolute atomic E-state index is 0.0324. The molecule has 20 heavy (non-hydrogen) atoms. The molecule has 0 aliphatic carbocycles. The van der Waals surface area contributed by atoms with Crippen LogP contribution in [0, 0.1) is 0 Å². The van der Waals surface area contributed by atoms with Gasteiger partial charge < -0.3 is 15.2 Å². The van der Waals surface area contributed by atoms with Gasteiger partial charge in [0.25, 0.3) is 0 Å². The molecule has 0 radical (unpaired) electrons. The number of aliphatic hydroxyl groups excluding tert-OH is 1. The fourth-order valence-electron chi connectivity index (χ4n) is 1.83. The van der Waals surface area contributed by atoms with Crippen LogP contribution in [0.2, 0.25) is 0 Å². The maximum absolute atomic E-state index is 11.8. The summed E-state index contributed by atoms with van der Waals surface area (Å²) < 4.78 is 5.60. The van der Waals surface area contributed by atoms with Gasteiger partial charge in [0.05, 0.1) is 18.6 Å². The van der Waals surface area contributed by atoms with E-state index < -0.39 is 0 Å². The highest BCUT2D eigenvalue weighted by atomic mass is 16.5. The van der Waals surface area contributed by atoms with Gasteiger partial charge in [-0.05, 0) is 44.4 Å². The maximum Gasteiger partial charge on any atom is 0.224 e. The monoisotopic (exact) mass is 279 g/mol. The highest BCUT2D eigenvalue weighted by molar-refractivity contribution is 5.78. The Labute approximate surface area is 121 Å². The Bertz CT molecular complexity index is 418. The van der Waals surface area contributed by atoms with Crippen molar-refractivity contribution in [1.29, 1.82) is 0 Å². The summed E-state index contributed by atoms with van der Waals surface area (Å²) in [4.78, 5) is 11.8. The molecule has 1 amide bonds. The van der Waals surface area contributed by atoms with Crippen molar-refractivity contribution in [2.45, 2.75) is 52.2 Å². The van der Waals surface area contributed by atoms with Gasteiger partial charge in [0.15, 0.2) is 0 Å². The fraction of sp³-hybridized carbons (Fsp3) is 0.562. The molecule has 112 valence electrons. The van der Waals surface area contributed by atoms with Crippen molar-refractivity contribution < 1.29 is 14.6 Å². The van der Waals surface area contributed by atoms with Crippen molar-refractivity contribution in [1.82, 2.24) is 5.32 Å². The maximum atomic E-state index is 11.8. The van der Waals surface area contributed by atoms with Gasteiger partial charge in [-0.25, -0.2) is 0 Å². The molecular formula is C16H25NO3. The lowest BCUT2D eigenvalue weighted by atomic mass is 10.1. The predicted molar refractivity (Wildman–Crippen MR) is 79.8 cm³/mol. The molecule has 0 aromatic heterocycles. The summed E-state index contributed by atoms with van der Waals surface area (Å²) in [5, 5.41) is 12.2. The van der Waals surface area contributed by atoms with Gasteiger partial charge in [0.2, 0.25) is 5.91 Å². The normalized spacial score (nSPS) is 12.2. The number of carbonyl (C=O) groups excluding carboxylic acids is 1. The summed E-state index contributed by atoms with van der Waals surface area (Å²) in [7, 11) is 0. The first-order valence-electron chi connectivity index (χ1n) is 7.21. The van der Waals surface area contributed by atoms with Crippen molar-refractivity contribution in [3.05, 3.63) is 29.8 Å². The number of amides is 1. The number of ether oxygens (including phenoxy) is 1. The third kappa shape index (κ3) is 6.57. The van der Waals surface area contributed by atoms with E-state index in [9.17, 15) is 9.90 Å². The Balaban J connectivity index is 2.41. The lowest BCUT2D eigenvalue weighted by molar-refractivity contribution is -0.120. The average Bonchev–Trinajstić information content (AvgIpc) is 2.38. The molecule has 0 spiro atoms. The Hall–Kier alpha value is -1.55. The Morgan fingerprint density at radius 1 is 1.40 bits per heavy atom. The third-order valence-corrected chi connectivity index (χ3v) is 2.91. The molecule has 0 saturated carbocycles. The molecule has 0 bridgehead atoms. The highest BCUT2D eigenvalue weighted by Crippen LogP contribution is 2.15. The zero-order chi connectivity index (χ0) is 15.0. The predicted octanol–water partition coefficient (Wildman–Crippen LogP) is 2.29. The van der Waals surface area contributed by atoms with Crippen molar-refractivity contribution in [3.8, 4) is 5.75 Å². The van der Waals surface area contributed by atoms with Crippen LogP contribution in [0.1, 0.15) is 39.2 Å². The number of rotatable bonds is 8. The van der Waals surface area contributed by atoms with Crippen LogP contribution in [0.25, 0.3) is 0 Å². The van der Waals surface area contributed by atoms with Crippen LogP contribution in [0.5, 0.6) is 5.75 Å². The van der Waals surface area contributed by atoms with E-state index in [0.29, 0.717) is 25.8 Å². The lowest BCUT2D eigenvalue weighted by Gasteiger charge is -2.11. The number of hydrogen-bond donors (Lipinski definition) is 2. The van der Waals surface area contributed by atoms with Gasteiger partial charge in [-0.1, -0.05) is 19.1 Å². The summed E-state index contributed by atoms with van der Waals surface area (Å²) >= 11 is 0. The molecule has 0 aliphatic rings. The summed E-state index contributed by atoms with van der Waals surface area (Å²) in [6, 6.07) is 7.58. The number of benzene rings is 1. The molecule has 1 atom stereocenters. The summed E-state index contributed by atoms with van der Waals surface area (Å²) in [6.07, 6.45) is 1.42. The first-order valence-corrected chi connectivity index (χ1v) is 7.21. The molecule has 0 saturated heterocycles. The van der Waals surface area contributed by atoms with Crippen LogP contribution in [-0.4, -0.2) is 29.8 Å². The molecule has 1 aromatic carbocycles. The molecule has 0 fully saturated rings. The average molecular weight is 279 g/mol. The number of hydrogen-bond acceptors (Lipinski definition) is 3. The van der Waals surface area contributed by atoms with Crippen LogP contribution in [0.3, 0.4) is 0 Å². The Morgan fingerprint density at radius 2 is 2.15 bits per heavy atom. The molecule has 1 unspecified atom stereocenters. The number of aliphatic hydroxyl groups is 1. The second kappa shape index (κ2) is 8.59. The van der Waals surface area contributed by atoms with E-state index in [4.69, 9.17) is 4.74 Å². The summed E-state index contributed by atoms with van der Waals surface area (Å²) in [5.74, 6) is 0.752. The van der Waals surface area contributed by atoms with E-state index in [0.717, 1.165) is 11.3 Å². The molecule has 4 heteroatoms. The van der Waals surface area contributed by atoms with E-state index in [1.165, 1.54) is 0 Å². The van der Waals surface area contributed by atoms with Crippen molar-refractivity contribution in [2.24, 2.45) is 0 Å². The Morgan fingerprint density at radius 3 is 2.80 bits per heavy atom. The Kier molecular flexibility index (Phi) is 7.09. The SMILES string of the molecule is CCC(O)CCNC(=O)Cc1cccc(OC(C)C)c1. The van der Waals surface area contributed by atoms with Crippen LogP contribution < -0.4 is 10.1 Å². The van der Waals surface area contributed by atoms with Gasteiger partial charge in [0.1, 0.15) is 5.75 Å². The highest BCUT2D eigenvalue weighted by Gasteiger charge is 2.06. The van der Waals surface area contributed by atoms with Crippen LogP contribution in [0.4, 0.5) is 0 Å². The van der Waals surface area contributed by atoms with E-state index in [2.05, 4.69) is 5.32 Å². The van der Waals surface area contributed by atoms with Gasteiger partial charge >= 0.3 is 0 Å². The quantitative estimate of drug-likeness (QED) is 0.767. The third-order valence-electron chi connectivity index (χ3n) is 2.91. The number of nitrogens with one attached hydrogen (secondary N) is 1. The molecule has 4 nitrogen and oxygen atoms in total. The minimum Gasteiger partial charge on any atom is -0.491 e. The second-order valence-corrected chi connectivity index (χ2v) is 5.19. The van der Waals surface area contributed by atoms with Gasteiger partial charge in [-0.3, -0.25) is 4.79 Å². The van der Waals surface area contributed by atoms with E-state index >= 15 is 0 Å². The van der Waals surface area contributed by atoms with Crippen molar-refractivity contribution in [2.75, 3.05) is 6.54 Å². The van der Waals surface area contributed by atoms with Crippen LogP contribution in [-0.2, 0) is 11.2 Å². The largest absolute Gasteiger partial charge is 0.491 e. The molecule has 1 aromatic rings. The summed E-state index contributed by atoms with van der Waals surface area (Å²) in [5.41, 5.74) is 0.927. The van der Waals surface area contributed by atoms with Crippen molar-refractivity contribution >= 4 is 5.91 Å². The van der Waals surface area contributed by atoms with Crippen LogP contribution >= 0.6 is 0 Å². The first-order chi connectivity index (χ1) is 9.51. The number of carbonyl (C=O) groups is 1. The molecule has 1 rings (SSSR count). The topological polar surface area (TPSA) is 58.6 Å². The van der Waals surface area contributed by atoms with E-state index in [-0.39, 0.29) is 18.1 Å². The van der Waals surface area contributed by atoms with Gasteiger partial charge in [0, 0.05) is 6.54 Å².